The maximum atomic E-state index is 11.7. The Hall–Kier alpha value is -1.64. The second kappa shape index (κ2) is 3.50. The van der Waals surface area contributed by atoms with E-state index in [-0.39, 0.29) is 11.7 Å². The number of hydrogen-bond donors (Lipinski definition) is 0. The average molecular weight is 202 g/mol. The zero-order valence-electron chi connectivity index (χ0n) is 9.19. The SMILES string of the molecule is Cc1ccn2cc(C(=O)C(C)C)nc2c1. The lowest BCUT2D eigenvalue weighted by atomic mass is 10.1. The van der Waals surface area contributed by atoms with E-state index in [1.165, 1.54) is 0 Å². The van der Waals surface area contributed by atoms with E-state index in [1.807, 2.05) is 43.5 Å². The van der Waals surface area contributed by atoms with E-state index in [1.54, 1.807) is 6.20 Å². The largest absolute Gasteiger partial charge is 0.306 e. The van der Waals surface area contributed by atoms with Crippen molar-refractivity contribution in [1.82, 2.24) is 9.38 Å². The number of pyridine rings is 1. The van der Waals surface area contributed by atoms with Gasteiger partial charge in [0.25, 0.3) is 0 Å². The van der Waals surface area contributed by atoms with Crippen LogP contribution in [-0.4, -0.2) is 15.2 Å². The lowest BCUT2D eigenvalue weighted by Gasteiger charge is -1.97. The molecule has 0 spiro atoms. The molecule has 2 aromatic heterocycles. The first-order valence-corrected chi connectivity index (χ1v) is 5.07. The highest BCUT2D eigenvalue weighted by Gasteiger charge is 2.13. The molecule has 0 aliphatic rings. The Labute approximate surface area is 88.8 Å². The monoisotopic (exact) mass is 202 g/mol. The first-order valence-electron chi connectivity index (χ1n) is 5.07. The van der Waals surface area contributed by atoms with Gasteiger partial charge in [-0.2, -0.15) is 0 Å². The normalized spacial score (nSPS) is 11.2. The van der Waals surface area contributed by atoms with Crippen molar-refractivity contribution < 1.29 is 4.79 Å². The van der Waals surface area contributed by atoms with Crippen LogP contribution in [0.25, 0.3) is 5.65 Å². The van der Waals surface area contributed by atoms with Crippen LogP contribution in [-0.2, 0) is 0 Å². The molecule has 0 bridgehead atoms. The van der Waals surface area contributed by atoms with Crippen molar-refractivity contribution in [2.45, 2.75) is 20.8 Å². The first kappa shape index (κ1) is 9.90. The van der Waals surface area contributed by atoms with Crippen LogP contribution in [0.1, 0.15) is 29.9 Å². The minimum atomic E-state index is -0.00370. The second-order valence-electron chi connectivity index (χ2n) is 4.11. The number of hydrogen-bond acceptors (Lipinski definition) is 2. The predicted octanol–water partition coefficient (Wildman–Crippen LogP) is 2.48. The highest BCUT2D eigenvalue weighted by Crippen LogP contribution is 2.11. The molecule has 3 heteroatoms. The predicted molar refractivity (Wildman–Crippen MR) is 59.1 cm³/mol. The van der Waals surface area contributed by atoms with E-state index >= 15 is 0 Å². The third-order valence-electron chi connectivity index (χ3n) is 2.39. The molecule has 0 atom stereocenters. The van der Waals surface area contributed by atoms with E-state index in [4.69, 9.17) is 0 Å². The molecule has 2 aromatic rings. The van der Waals surface area contributed by atoms with Crippen LogP contribution in [0, 0.1) is 12.8 Å². The van der Waals surface area contributed by atoms with E-state index in [2.05, 4.69) is 4.98 Å². The van der Waals surface area contributed by atoms with Gasteiger partial charge in [0.2, 0.25) is 0 Å². The fourth-order valence-corrected chi connectivity index (χ4v) is 1.50. The van der Waals surface area contributed by atoms with E-state index in [0.717, 1.165) is 11.2 Å². The summed E-state index contributed by atoms with van der Waals surface area (Å²) in [5.74, 6) is 0.0902. The topological polar surface area (TPSA) is 34.4 Å². The van der Waals surface area contributed by atoms with Crippen LogP contribution in [0.4, 0.5) is 0 Å². The maximum absolute atomic E-state index is 11.7. The summed E-state index contributed by atoms with van der Waals surface area (Å²) in [4.78, 5) is 16.0. The molecule has 0 saturated heterocycles. The summed E-state index contributed by atoms with van der Waals surface area (Å²) in [6, 6.07) is 3.97. The number of aryl methyl sites for hydroxylation is 1. The highest BCUT2D eigenvalue weighted by molar-refractivity contribution is 5.96. The molecule has 0 N–H and O–H groups in total. The fraction of sp³-hybridized carbons (Fsp3) is 0.333. The van der Waals surface area contributed by atoms with E-state index in [9.17, 15) is 4.79 Å². The lowest BCUT2D eigenvalue weighted by molar-refractivity contribution is 0.0935. The van der Waals surface area contributed by atoms with Crippen LogP contribution >= 0.6 is 0 Å². The summed E-state index contributed by atoms with van der Waals surface area (Å²) in [5.41, 5.74) is 2.53. The standard InChI is InChI=1S/C12H14N2O/c1-8(2)12(15)10-7-14-5-4-9(3)6-11(14)13-10/h4-8H,1-3H3. The van der Waals surface area contributed by atoms with Crippen LogP contribution in [0.2, 0.25) is 0 Å². The van der Waals surface area contributed by atoms with Crippen molar-refractivity contribution in [3.8, 4) is 0 Å². The fourth-order valence-electron chi connectivity index (χ4n) is 1.50. The molecule has 2 heterocycles. The molecule has 0 fully saturated rings. The molecule has 2 rings (SSSR count). The maximum Gasteiger partial charge on any atom is 0.185 e. The number of nitrogens with zero attached hydrogens (tertiary/aromatic N) is 2. The molecule has 3 nitrogen and oxygen atoms in total. The van der Waals surface area contributed by atoms with Crippen molar-refractivity contribution in [2.24, 2.45) is 5.92 Å². The molecule has 0 aliphatic carbocycles. The van der Waals surface area contributed by atoms with Crippen LogP contribution in [0.3, 0.4) is 0 Å². The lowest BCUT2D eigenvalue weighted by Crippen LogP contribution is -2.07. The van der Waals surface area contributed by atoms with Gasteiger partial charge in [0.15, 0.2) is 5.78 Å². The molecular formula is C12H14N2O. The van der Waals surface area contributed by atoms with Crippen molar-refractivity contribution in [2.75, 3.05) is 0 Å². The Morgan fingerprint density at radius 2 is 2.20 bits per heavy atom. The molecule has 78 valence electrons. The minimum absolute atomic E-state index is 0.00370. The number of aromatic nitrogens is 2. The van der Waals surface area contributed by atoms with Crippen LogP contribution in [0.15, 0.2) is 24.5 Å². The third-order valence-corrected chi connectivity index (χ3v) is 2.39. The number of carbonyl (C=O) groups excluding carboxylic acids is 1. The third kappa shape index (κ3) is 1.77. The van der Waals surface area contributed by atoms with Crippen molar-refractivity contribution in [3.63, 3.8) is 0 Å². The average Bonchev–Trinajstić information content (AvgIpc) is 2.58. The number of ketones is 1. The molecule has 0 saturated carbocycles. The molecule has 0 unspecified atom stereocenters. The van der Waals surface area contributed by atoms with E-state index in [0.29, 0.717) is 5.69 Å². The molecular weight excluding hydrogens is 188 g/mol. The summed E-state index contributed by atoms with van der Waals surface area (Å²) in [5, 5.41) is 0. The summed E-state index contributed by atoms with van der Waals surface area (Å²) < 4.78 is 1.88. The molecule has 0 aliphatic heterocycles. The number of rotatable bonds is 2. The van der Waals surface area contributed by atoms with Gasteiger partial charge in [-0.05, 0) is 24.6 Å². The zero-order chi connectivity index (χ0) is 11.0. The number of carbonyl (C=O) groups is 1. The van der Waals surface area contributed by atoms with Gasteiger partial charge in [-0.1, -0.05) is 13.8 Å². The highest BCUT2D eigenvalue weighted by atomic mass is 16.1. The van der Waals surface area contributed by atoms with Gasteiger partial charge in [-0.15, -0.1) is 0 Å². The second-order valence-corrected chi connectivity index (χ2v) is 4.11. The van der Waals surface area contributed by atoms with Gasteiger partial charge in [-0.25, -0.2) is 4.98 Å². The molecule has 0 amide bonds. The Morgan fingerprint density at radius 1 is 1.47 bits per heavy atom. The first-order chi connectivity index (χ1) is 7.08. The van der Waals surface area contributed by atoms with Gasteiger partial charge in [-0.3, -0.25) is 4.79 Å². The molecule has 15 heavy (non-hydrogen) atoms. The summed E-state index contributed by atoms with van der Waals surface area (Å²) in [7, 11) is 0. The van der Waals surface area contributed by atoms with Crippen molar-refractivity contribution >= 4 is 11.4 Å². The van der Waals surface area contributed by atoms with Crippen LogP contribution < -0.4 is 0 Å². The Morgan fingerprint density at radius 3 is 2.87 bits per heavy atom. The van der Waals surface area contributed by atoms with Gasteiger partial charge >= 0.3 is 0 Å². The Bertz CT molecular complexity index is 511. The van der Waals surface area contributed by atoms with Crippen molar-refractivity contribution in [1.29, 1.82) is 0 Å². The zero-order valence-corrected chi connectivity index (χ0v) is 9.19. The van der Waals surface area contributed by atoms with Crippen LogP contribution in [0.5, 0.6) is 0 Å². The smallest absolute Gasteiger partial charge is 0.185 e. The molecule has 0 aromatic carbocycles. The molecule has 0 radical (unpaired) electrons. The minimum Gasteiger partial charge on any atom is -0.306 e. The Balaban J connectivity index is 2.52. The van der Waals surface area contributed by atoms with Crippen molar-refractivity contribution in [3.05, 3.63) is 35.8 Å². The Kier molecular flexibility index (Phi) is 2.31. The number of fused-ring (bicyclic) bond motifs is 1. The van der Waals surface area contributed by atoms with E-state index < -0.39 is 0 Å². The summed E-state index contributed by atoms with van der Waals surface area (Å²) in [6.07, 6.45) is 3.71. The van der Waals surface area contributed by atoms with Gasteiger partial charge in [0.05, 0.1) is 0 Å². The van der Waals surface area contributed by atoms with Gasteiger partial charge in [0, 0.05) is 18.3 Å². The number of imidazole rings is 1. The number of Topliss-reactive ketones (excluding diaryl/α,β-unsaturated/α-hetero) is 1. The quantitative estimate of drug-likeness (QED) is 0.701. The summed E-state index contributed by atoms with van der Waals surface area (Å²) in [6.45, 7) is 5.79. The van der Waals surface area contributed by atoms with Gasteiger partial charge < -0.3 is 4.40 Å². The van der Waals surface area contributed by atoms with Gasteiger partial charge in [0.1, 0.15) is 11.3 Å². The summed E-state index contributed by atoms with van der Waals surface area (Å²) >= 11 is 0.